The van der Waals surface area contributed by atoms with Crippen LogP contribution in [0.25, 0.3) is 0 Å². The number of halogens is 1. The SMILES string of the molecule is Cc1ccnc(O)c1N(C=O)C(=O)c1c(NS(=O)(=O)c2ccc(C(C)(C)C)cc2)ccc(Cl)c1C. The molecule has 0 fully saturated rings. The molecule has 0 aliphatic carbocycles. The number of aryl methyl sites for hydroxylation is 1. The van der Waals surface area contributed by atoms with Crippen LogP contribution in [-0.2, 0) is 20.2 Å². The van der Waals surface area contributed by atoms with E-state index in [4.69, 9.17) is 11.6 Å². The Hall–Kier alpha value is -3.43. The molecule has 0 spiro atoms. The lowest BCUT2D eigenvalue weighted by Gasteiger charge is -2.22. The van der Waals surface area contributed by atoms with Gasteiger partial charge in [0.25, 0.3) is 15.9 Å². The Kier molecular flexibility index (Phi) is 7.23. The van der Waals surface area contributed by atoms with Gasteiger partial charge in [0.15, 0.2) is 0 Å². The summed E-state index contributed by atoms with van der Waals surface area (Å²) in [5.74, 6) is -1.40. The Labute approximate surface area is 209 Å². The predicted octanol–water partition coefficient (Wildman–Crippen LogP) is 4.96. The number of imide groups is 1. The van der Waals surface area contributed by atoms with Crippen molar-refractivity contribution in [3.63, 3.8) is 0 Å². The van der Waals surface area contributed by atoms with Crippen molar-refractivity contribution in [2.45, 2.75) is 44.9 Å². The molecule has 35 heavy (non-hydrogen) atoms. The number of pyridine rings is 1. The first-order chi connectivity index (χ1) is 16.3. The van der Waals surface area contributed by atoms with Crippen LogP contribution in [0.15, 0.2) is 53.6 Å². The van der Waals surface area contributed by atoms with Crippen molar-refractivity contribution in [1.29, 1.82) is 0 Å². The lowest BCUT2D eigenvalue weighted by atomic mass is 9.87. The fourth-order valence-corrected chi connectivity index (χ4v) is 4.77. The van der Waals surface area contributed by atoms with Gasteiger partial charge in [0.1, 0.15) is 5.69 Å². The number of aromatic hydroxyl groups is 1. The third-order valence-corrected chi connectivity index (χ3v) is 7.35. The zero-order chi connectivity index (χ0) is 26.1. The highest BCUT2D eigenvalue weighted by molar-refractivity contribution is 7.92. The molecule has 2 amide bonds. The largest absolute Gasteiger partial charge is 0.492 e. The molecule has 10 heteroatoms. The topological polar surface area (TPSA) is 117 Å². The summed E-state index contributed by atoms with van der Waals surface area (Å²) < 4.78 is 28.8. The smallest absolute Gasteiger partial charge is 0.267 e. The van der Waals surface area contributed by atoms with Crippen molar-refractivity contribution in [2.75, 3.05) is 9.62 Å². The number of nitrogens with zero attached hydrogens (tertiary/aromatic N) is 2. The Morgan fingerprint density at radius 2 is 1.71 bits per heavy atom. The van der Waals surface area contributed by atoms with Crippen LogP contribution in [0, 0.1) is 13.8 Å². The average Bonchev–Trinajstić information content (AvgIpc) is 2.78. The van der Waals surface area contributed by atoms with Crippen molar-refractivity contribution >= 4 is 45.3 Å². The molecular formula is C25H26ClN3O5S. The molecule has 0 unspecified atom stereocenters. The molecule has 184 valence electrons. The summed E-state index contributed by atoms with van der Waals surface area (Å²) in [4.78, 5) is 29.9. The third kappa shape index (κ3) is 5.31. The van der Waals surface area contributed by atoms with Crippen LogP contribution in [0.2, 0.25) is 5.02 Å². The Bertz CT molecular complexity index is 1380. The van der Waals surface area contributed by atoms with Gasteiger partial charge in [-0.25, -0.2) is 18.3 Å². The van der Waals surface area contributed by atoms with E-state index in [1.165, 1.54) is 43.5 Å². The van der Waals surface area contributed by atoms with Crippen LogP contribution in [-0.4, -0.2) is 30.8 Å². The zero-order valence-electron chi connectivity index (χ0n) is 20.0. The van der Waals surface area contributed by atoms with E-state index >= 15 is 0 Å². The van der Waals surface area contributed by atoms with Gasteiger partial charge in [-0.05, 0) is 66.3 Å². The van der Waals surface area contributed by atoms with Crippen molar-refractivity contribution in [2.24, 2.45) is 0 Å². The first-order valence-corrected chi connectivity index (χ1v) is 12.5. The number of amides is 2. The maximum absolute atomic E-state index is 13.5. The van der Waals surface area contributed by atoms with Crippen LogP contribution in [0.3, 0.4) is 0 Å². The number of anilines is 2. The van der Waals surface area contributed by atoms with Gasteiger partial charge in [0, 0.05) is 11.2 Å². The van der Waals surface area contributed by atoms with Gasteiger partial charge in [-0.2, -0.15) is 0 Å². The number of sulfonamides is 1. The van der Waals surface area contributed by atoms with Crippen molar-refractivity contribution < 1.29 is 23.1 Å². The van der Waals surface area contributed by atoms with Gasteiger partial charge in [-0.15, -0.1) is 0 Å². The Morgan fingerprint density at radius 3 is 2.26 bits per heavy atom. The summed E-state index contributed by atoms with van der Waals surface area (Å²) in [5, 5.41) is 10.4. The van der Waals surface area contributed by atoms with E-state index in [1.807, 2.05) is 20.8 Å². The molecule has 3 aromatic rings. The summed E-state index contributed by atoms with van der Waals surface area (Å²) in [7, 11) is -4.09. The first-order valence-electron chi connectivity index (χ1n) is 10.6. The van der Waals surface area contributed by atoms with E-state index in [9.17, 15) is 23.1 Å². The van der Waals surface area contributed by atoms with Gasteiger partial charge >= 0.3 is 0 Å². The predicted molar refractivity (Wildman–Crippen MR) is 136 cm³/mol. The number of benzene rings is 2. The molecule has 0 bridgehead atoms. The van der Waals surface area contributed by atoms with Gasteiger partial charge in [0.2, 0.25) is 12.3 Å². The lowest BCUT2D eigenvalue weighted by Crippen LogP contribution is -2.32. The van der Waals surface area contributed by atoms with Gasteiger partial charge in [-0.1, -0.05) is 44.5 Å². The van der Waals surface area contributed by atoms with Crippen molar-refractivity contribution in [3.05, 3.63) is 75.9 Å². The minimum Gasteiger partial charge on any atom is -0.492 e. The standard InChI is InChI=1S/C25H26ClN3O5S/c1-15-12-13-27-23(31)22(15)29(14-30)24(32)21-16(2)19(26)10-11-20(21)28-35(33,34)18-8-6-17(7-9-18)25(3,4)5/h6-14,28H,1-5H3,(H,27,31). The van der Waals surface area contributed by atoms with E-state index in [2.05, 4.69) is 9.71 Å². The number of hydrogen-bond acceptors (Lipinski definition) is 6. The first kappa shape index (κ1) is 26.2. The second-order valence-electron chi connectivity index (χ2n) is 9.06. The number of rotatable bonds is 6. The molecule has 0 aliphatic rings. The Balaban J connectivity index is 2.08. The highest BCUT2D eigenvalue weighted by Crippen LogP contribution is 2.34. The second kappa shape index (κ2) is 9.67. The van der Waals surface area contributed by atoms with E-state index < -0.39 is 21.8 Å². The lowest BCUT2D eigenvalue weighted by molar-refractivity contribution is -0.107. The van der Waals surface area contributed by atoms with Gasteiger partial charge in [-0.3, -0.25) is 14.3 Å². The molecule has 1 heterocycles. The number of carbonyl (C=O) groups excluding carboxylic acids is 2. The molecule has 2 aromatic carbocycles. The molecule has 0 radical (unpaired) electrons. The number of hydrogen-bond donors (Lipinski definition) is 2. The molecule has 0 atom stereocenters. The number of nitrogens with one attached hydrogen (secondary N) is 1. The highest BCUT2D eigenvalue weighted by Gasteiger charge is 2.29. The fraction of sp³-hybridized carbons (Fsp3) is 0.240. The molecule has 1 aromatic heterocycles. The van der Waals surface area contributed by atoms with E-state index in [-0.39, 0.29) is 44.2 Å². The van der Waals surface area contributed by atoms with Crippen molar-refractivity contribution in [3.8, 4) is 5.88 Å². The minimum absolute atomic E-state index is 0.00416. The van der Waals surface area contributed by atoms with Crippen LogP contribution in [0.4, 0.5) is 11.4 Å². The quantitative estimate of drug-likeness (QED) is 0.448. The van der Waals surface area contributed by atoms with E-state index in [0.29, 0.717) is 10.5 Å². The van der Waals surface area contributed by atoms with Crippen LogP contribution < -0.4 is 9.62 Å². The van der Waals surface area contributed by atoms with Crippen molar-refractivity contribution in [1.82, 2.24) is 4.98 Å². The monoisotopic (exact) mass is 515 g/mol. The number of carbonyl (C=O) groups is 2. The minimum atomic E-state index is -4.09. The third-order valence-electron chi connectivity index (χ3n) is 5.56. The number of aromatic nitrogens is 1. The highest BCUT2D eigenvalue weighted by atomic mass is 35.5. The molecule has 2 N–H and O–H groups in total. The molecule has 0 saturated carbocycles. The molecule has 3 rings (SSSR count). The van der Waals surface area contributed by atoms with Crippen LogP contribution in [0.5, 0.6) is 5.88 Å². The summed E-state index contributed by atoms with van der Waals surface area (Å²) in [6.07, 6.45) is 1.56. The molecular weight excluding hydrogens is 490 g/mol. The van der Waals surface area contributed by atoms with Gasteiger partial charge in [0.05, 0.1) is 16.1 Å². The summed E-state index contributed by atoms with van der Waals surface area (Å²) >= 11 is 6.24. The second-order valence-corrected chi connectivity index (χ2v) is 11.1. The zero-order valence-corrected chi connectivity index (χ0v) is 21.5. The summed E-state index contributed by atoms with van der Waals surface area (Å²) in [6, 6.07) is 10.8. The summed E-state index contributed by atoms with van der Waals surface area (Å²) in [5.41, 5.74) is 1.16. The fourth-order valence-electron chi connectivity index (χ4n) is 3.54. The van der Waals surface area contributed by atoms with Gasteiger partial charge < -0.3 is 5.11 Å². The van der Waals surface area contributed by atoms with Crippen LogP contribution in [0.1, 0.15) is 47.8 Å². The molecule has 0 saturated heterocycles. The molecule has 0 aliphatic heterocycles. The Morgan fingerprint density at radius 1 is 1.09 bits per heavy atom. The maximum atomic E-state index is 13.5. The maximum Gasteiger partial charge on any atom is 0.267 e. The normalized spacial score (nSPS) is 11.7. The van der Waals surface area contributed by atoms with Crippen LogP contribution >= 0.6 is 11.6 Å². The molecule has 8 nitrogen and oxygen atoms in total. The van der Waals surface area contributed by atoms with E-state index in [1.54, 1.807) is 19.1 Å². The van der Waals surface area contributed by atoms with E-state index in [0.717, 1.165) is 5.56 Å². The summed E-state index contributed by atoms with van der Waals surface area (Å²) in [6.45, 7) is 9.18. The average molecular weight is 516 g/mol.